The highest BCUT2D eigenvalue weighted by Crippen LogP contribution is 2.18. The van der Waals surface area contributed by atoms with E-state index in [9.17, 15) is 14.7 Å². The third-order valence-electron chi connectivity index (χ3n) is 4.02. The lowest BCUT2D eigenvalue weighted by atomic mass is 9.93. The SMILES string of the molecule is COc1cccc(CCC(=O)NC(C(=O)O)C2CCCOC2)c1. The standard InChI is InChI=1S/C17H23NO5/c1-22-14-6-2-4-12(10-14)7-8-15(19)18-16(17(20)21)13-5-3-9-23-11-13/h2,4,6,10,13,16H,3,5,7-9,11H2,1H3,(H,18,19)(H,20,21). The van der Waals surface area contributed by atoms with Crippen molar-refractivity contribution in [3.05, 3.63) is 29.8 Å². The van der Waals surface area contributed by atoms with E-state index in [2.05, 4.69) is 5.32 Å². The summed E-state index contributed by atoms with van der Waals surface area (Å²) in [4.78, 5) is 23.5. The minimum atomic E-state index is -1.00. The lowest BCUT2D eigenvalue weighted by molar-refractivity contribution is -0.145. The van der Waals surface area contributed by atoms with Gasteiger partial charge in [-0.05, 0) is 37.0 Å². The Balaban J connectivity index is 1.87. The normalized spacial score (nSPS) is 18.9. The lowest BCUT2D eigenvalue weighted by Gasteiger charge is -2.28. The van der Waals surface area contributed by atoms with Crippen LogP contribution in [0.2, 0.25) is 0 Å². The van der Waals surface area contributed by atoms with E-state index in [0.29, 0.717) is 19.6 Å². The maximum Gasteiger partial charge on any atom is 0.326 e. The largest absolute Gasteiger partial charge is 0.497 e. The van der Waals surface area contributed by atoms with Crippen LogP contribution in [0, 0.1) is 5.92 Å². The molecule has 1 saturated heterocycles. The first-order chi connectivity index (χ1) is 11.1. The Labute approximate surface area is 135 Å². The highest BCUT2D eigenvalue weighted by Gasteiger charge is 2.31. The quantitative estimate of drug-likeness (QED) is 0.797. The van der Waals surface area contributed by atoms with Crippen LogP contribution in [-0.4, -0.2) is 43.3 Å². The third kappa shape index (κ3) is 5.25. The Hall–Kier alpha value is -2.08. The summed E-state index contributed by atoms with van der Waals surface area (Å²) in [5.74, 6) is -0.686. The first-order valence-electron chi connectivity index (χ1n) is 7.83. The molecule has 1 aromatic rings. The number of aliphatic carboxylic acids is 1. The van der Waals surface area contributed by atoms with E-state index in [1.807, 2.05) is 24.3 Å². The Kier molecular flexibility index (Phi) is 6.40. The number of ether oxygens (including phenoxy) is 2. The highest BCUT2D eigenvalue weighted by molar-refractivity contribution is 5.83. The van der Waals surface area contributed by atoms with Gasteiger partial charge in [0.1, 0.15) is 11.8 Å². The molecule has 0 radical (unpaired) electrons. The van der Waals surface area contributed by atoms with Crippen molar-refractivity contribution in [2.24, 2.45) is 5.92 Å². The predicted octanol–water partition coefficient (Wildman–Crippen LogP) is 1.62. The minimum Gasteiger partial charge on any atom is -0.497 e. The van der Waals surface area contributed by atoms with Gasteiger partial charge in [0.15, 0.2) is 0 Å². The fourth-order valence-electron chi connectivity index (χ4n) is 2.74. The molecule has 2 atom stereocenters. The Bertz CT molecular complexity index is 540. The molecule has 6 nitrogen and oxygen atoms in total. The summed E-state index contributed by atoms with van der Waals surface area (Å²) in [5.41, 5.74) is 0.979. The number of hydrogen-bond acceptors (Lipinski definition) is 4. The monoisotopic (exact) mass is 321 g/mol. The van der Waals surface area contributed by atoms with Crippen LogP contribution in [0.4, 0.5) is 0 Å². The zero-order valence-electron chi connectivity index (χ0n) is 13.3. The van der Waals surface area contributed by atoms with Crippen molar-refractivity contribution < 1.29 is 24.2 Å². The summed E-state index contributed by atoms with van der Waals surface area (Å²) in [6, 6.07) is 6.61. The second-order valence-electron chi connectivity index (χ2n) is 5.71. The van der Waals surface area contributed by atoms with Gasteiger partial charge in [0.05, 0.1) is 13.7 Å². The molecule has 0 aliphatic carbocycles. The molecule has 1 amide bonds. The Morgan fingerprint density at radius 1 is 1.48 bits per heavy atom. The molecule has 2 unspecified atom stereocenters. The molecule has 2 rings (SSSR count). The van der Waals surface area contributed by atoms with Gasteiger partial charge in [-0.15, -0.1) is 0 Å². The molecule has 1 aliphatic rings. The summed E-state index contributed by atoms with van der Waals surface area (Å²) in [6.07, 6.45) is 2.36. The van der Waals surface area contributed by atoms with Gasteiger partial charge in [0.2, 0.25) is 5.91 Å². The molecular formula is C17H23NO5. The van der Waals surface area contributed by atoms with E-state index in [0.717, 1.165) is 24.2 Å². The summed E-state index contributed by atoms with van der Waals surface area (Å²) >= 11 is 0. The number of carbonyl (C=O) groups is 2. The van der Waals surface area contributed by atoms with Crippen LogP contribution in [0.1, 0.15) is 24.8 Å². The molecule has 0 bridgehead atoms. The first-order valence-corrected chi connectivity index (χ1v) is 7.83. The summed E-state index contributed by atoms with van der Waals surface area (Å²) in [7, 11) is 1.59. The van der Waals surface area contributed by atoms with Crippen molar-refractivity contribution in [2.75, 3.05) is 20.3 Å². The van der Waals surface area contributed by atoms with Crippen molar-refractivity contribution in [1.82, 2.24) is 5.32 Å². The summed E-state index contributed by atoms with van der Waals surface area (Å²) in [6.45, 7) is 1.04. The Morgan fingerprint density at radius 3 is 2.96 bits per heavy atom. The molecule has 1 heterocycles. The zero-order valence-corrected chi connectivity index (χ0v) is 13.3. The second-order valence-corrected chi connectivity index (χ2v) is 5.71. The average molecular weight is 321 g/mol. The van der Waals surface area contributed by atoms with Crippen LogP contribution in [0.3, 0.4) is 0 Å². The topological polar surface area (TPSA) is 84.9 Å². The number of methoxy groups -OCH3 is 1. The lowest BCUT2D eigenvalue weighted by Crippen LogP contribution is -2.48. The number of carboxylic acids is 1. The molecule has 23 heavy (non-hydrogen) atoms. The fourth-order valence-corrected chi connectivity index (χ4v) is 2.74. The average Bonchev–Trinajstić information content (AvgIpc) is 2.58. The number of carboxylic acid groups (broad SMARTS) is 1. The fraction of sp³-hybridized carbons (Fsp3) is 0.529. The molecule has 0 saturated carbocycles. The molecule has 1 fully saturated rings. The van der Waals surface area contributed by atoms with E-state index in [4.69, 9.17) is 9.47 Å². The smallest absolute Gasteiger partial charge is 0.326 e. The number of aryl methyl sites for hydroxylation is 1. The van der Waals surface area contributed by atoms with Gasteiger partial charge < -0.3 is 19.9 Å². The van der Waals surface area contributed by atoms with Gasteiger partial charge >= 0.3 is 5.97 Å². The maximum absolute atomic E-state index is 12.1. The molecule has 0 spiro atoms. The van der Waals surface area contributed by atoms with Gasteiger partial charge in [0, 0.05) is 18.9 Å². The van der Waals surface area contributed by atoms with Gasteiger partial charge in [-0.2, -0.15) is 0 Å². The zero-order chi connectivity index (χ0) is 16.7. The van der Waals surface area contributed by atoms with Crippen LogP contribution < -0.4 is 10.1 Å². The third-order valence-corrected chi connectivity index (χ3v) is 4.02. The van der Waals surface area contributed by atoms with Crippen molar-refractivity contribution in [3.8, 4) is 5.75 Å². The Morgan fingerprint density at radius 2 is 2.30 bits per heavy atom. The molecule has 2 N–H and O–H groups in total. The maximum atomic E-state index is 12.1. The van der Waals surface area contributed by atoms with Crippen molar-refractivity contribution in [3.63, 3.8) is 0 Å². The second kappa shape index (κ2) is 8.53. The number of rotatable bonds is 7. The van der Waals surface area contributed by atoms with E-state index in [1.54, 1.807) is 7.11 Å². The number of hydrogen-bond donors (Lipinski definition) is 2. The summed E-state index contributed by atoms with van der Waals surface area (Å²) < 4.78 is 10.5. The van der Waals surface area contributed by atoms with Crippen LogP contribution in [-0.2, 0) is 20.7 Å². The predicted molar refractivity (Wildman–Crippen MR) is 84.4 cm³/mol. The minimum absolute atomic E-state index is 0.165. The van der Waals surface area contributed by atoms with Crippen LogP contribution in [0.15, 0.2) is 24.3 Å². The van der Waals surface area contributed by atoms with E-state index >= 15 is 0 Å². The molecule has 0 aromatic heterocycles. The number of benzene rings is 1. The number of amides is 1. The number of carbonyl (C=O) groups excluding carboxylic acids is 1. The van der Waals surface area contributed by atoms with E-state index in [1.165, 1.54) is 0 Å². The van der Waals surface area contributed by atoms with Crippen LogP contribution in [0.25, 0.3) is 0 Å². The van der Waals surface area contributed by atoms with Crippen molar-refractivity contribution in [2.45, 2.75) is 31.7 Å². The van der Waals surface area contributed by atoms with Gasteiger partial charge in [0.25, 0.3) is 0 Å². The number of nitrogens with one attached hydrogen (secondary N) is 1. The van der Waals surface area contributed by atoms with Crippen molar-refractivity contribution >= 4 is 11.9 Å². The van der Waals surface area contributed by atoms with Gasteiger partial charge in [-0.3, -0.25) is 4.79 Å². The van der Waals surface area contributed by atoms with Crippen molar-refractivity contribution in [1.29, 1.82) is 0 Å². The first kappa shape index (κ1) is 17.3. The van der Waals surface area contributed by atoms with E-state index in [-0.39, 0.29) is 18.2 Å². The molecular weight excluding hydrogens is 298 g/mol. The molecule has 1 aliphatic heterocycles. The van der Waals surface area contributed by atoms with Gasteiger partial charge in [-0.1, -0.05) is 12.1 Å². The van der Waals surface area contributed by atoms with Gasteiger partial charge in [-0.25, -0.2) is 4.79 Å². The van der Waals surface area contributed by atoms with Crippen LogP contribution >= 0.6 is 0 Å². The van der Waals surface area contributed by atoms with Crippen LogP contribution in [0.5, 0.6) is 5.75 Å². The highest BCUT2D eigenvalue weighted by atomic mass is 16.5. The molecule has 6 heteroatoms. The van der Waals surface area contributed by atoms with E-state index < -0.39 is 12.0 Å². The molecule has 126 valence electrons. The summed E-state index contributed by atoms with van der Waals surface area (Å²) in [5, 5.41) is 12.0. The molecule has 1 aromatic carbocycles.